The first-order valence-corrected chi connectivity index (χ1v) is 5.45. The van der Waals surface area contributed by atoms with E-state index in [1.165, 1.54) is 25.7 Å². The van der Waals surface area contributed by atoms with Gasteiger partial charge in [0.2, 0.25) is 0 Å². The van der Waals surface area contributed by atoms with Crippen molar-refractivity contribution < 1.29 is 0 Å². The molecule has 2 saturated heterocycles. The molecule has 2 heterocycles. The Morgan fingerprint density at radius 1 is 1.40 bits per heavy atom. The van der Waals surface area contributed by atoms with Gasteiger partial charge in [-0.15, -0.1) is 0 Å². The van der Waals surface area contributed by atoms with Gasteiger partial charge in [-0.1, -0.05) is 22.6 Å². The van der Waals surface area contributed by atoms with Crippen LogP contribution >= 0.6 is 22.6 Å². The number of nitrogens with zero attached hydrogens (tertiary/aromatic N) is 1. The van der Waals surface area contributed by atoms with Crippen molar-refractivity contribution >= 4 is 22.6 Å². The van der Waals surface area contributed by atoms with Crippen molar-refractivity contribution in [3.05, 3.63) is 0 Å². The van der Waals surface area contributed by atoms with Gasteiger partial charge in [0.05, 0.1) is 4.05 Å². The maximum Gasteiger partial charge on any atom is 0.0623 e. The van der Waals surface area contributed by atoms with E-state index in [1.807, 2.05) is 0 Å². The summed E-state index contributed by atoms with van der Waals surface area (Å²) in [6.45, 7) is 2.35. The molecule has 0 aliphatic carbocycles. The summed E-state index contributed by atoms with van der Waals surface area (Å²) in [6, 6.07) is 1.85. The monoisotopic (exact) mass is 251 g/mol. The van der Waals surface area contributed by atoms with Gasteiger partial charge in [-0.25, -0.2) is 0 Å². The molecule has 0 aromatic rings. The first-order chi connectivity index (χ1) is 4.79. The molecule has 0 bridgehead atoms. The second-order valence-corrected chi connectivity index (χ2v) is 4.99. The molecule has 0 N–H and O–H groups in total. The SMILES string of the molecule is CC1CC2CCCC(I)N12. The van der Waals surface area contributed by atoms with Gasteiger partial charge in [0.1, 0.15) is 0 Å². The van der Waals surface area contributed by atoms with Gasteiger partial charge in [-0.05, 0) is 32.6 Å². The van der Waals surface area contributed by atoms with Crippen LogP contribution < -0.4 is 0 Å². The van der Waals surface area contributed by atoms with Gasteiger partial charge in [-0.3, -0.25) is 4.90 Å². The highest BCUT2D eigenvalue weighted by molar-refractivity contribution is 14.1. The summed E-state index contributed by atoms with van der Waals surface area (Å²) in [7, 11) is 0. The Kier molecular flexibility index (Phi) is 1.93. The third-order valence-corrected chi connectivity index (χ3v) is 4.11. The molecule has 0 radical (unpaired) electrons. The maximum atomic E-state index is 2.68. The van der Waals surface area contributed by atoms with Gasteiger partial charge in [0, 0.05) is 12.1 Å². The molecule has 2 aliphatic rings. The van der Waals surface area contributed by atoms with Gasteiger partial charge >= 0.3 is 0 Å². The van der Waals surface area contributed by atoms with Crippen LogP contribution in [0.2, 0.25) is 0 Å². The zero-order chi connectivity index (χ0) is 7.14. The zero-order valence-electron chi connectivity index (χ0n) is 6.39. The number of hydrogen-bond acceptors (Lipinski definition) is 1. The molecule has 3 unspecified atom stereocenters. The molecule has 2 rings (SSSR count). The maximum absolute atomic E-state index is 2.68. The molecule has 0 aromatic heterocycles. The van der Waals surface area contributed by atoms with Gasteiger partial charge in [0.25, 0.3) is 0 Å². The topological polar surface area (TPSA) is 3.24 Å². The minimum Gasteiger partial charge on any atom is -0.286 e. The smallest absolute Gasteiger partial charge is 0.0623 e. The predicted molar refractivity (Wildman–Crippen MR) is 51.4 cm³/mol. The highest BCUT2D eigenvalue weighted by Crippen LogP contribution is 2.39. The summed E-state index contributed by atoms with van der Waals surface area (Å²) in [5, 5.41) is 0. The Labute approximate surface area is 76.3 Å². The lowest BCUT2D eigenvalue weighted by molar-refractivity contribution is -0.00978. The molecule has 0 saturated carbocycles. The molecule has 2 aliphatic heterocycles. The van der Waals surface area contributed by atoms with Crippen molar-refractivity contribution in [1.29, 1.82) is 0 Å². The lowest BCUT2D eigenvalue weighted by atomic mass is 9.86. The van der Waals surface area contributed by atoms with Crippen LogP contribution in [0.1, 0.15) is 32.6 Å². The molecule has 3 atom stereocenters. The molecular weight excluding hydrogens is 237 g/mol. The van der Waals surface area contributed by atoms with Crippen molar-refractivity contribution in [2.45, 2.75) is 48.7 Å². The normalized spacial score (nSPS) is 48.0. The number of halogens is 1. The molecule has 0 spiro atoms. The Bertz CT molecular complexity index is 128. The van der Waals surface area contributed by atoms with Crippen LogP contribution in [0.15, 0.2) is 0 Å². The molecule has 0 amide bonds. The number of rotatable bonds is 0. The third-order valence-electron chi connectivity index (χ3n) is 2.85. The highest BCUT2D eigenvalue weighted by Gasteiger charge is 2.40. The third kappa shape index (κ3) is 0.998. The molecule has 1 nitrogen and oxygen atoms in total. The van der Waals surface area contributed by atoms with E-state index in [9.17, 15) is 0 Å². The Morgan fingerprint density at radius 2 is 2.20 bits per heavy atom. The predicted octanol–water partition coefficient (Wildman–Crippen LogP) is 2.39. The lowest BCUT2D eigenvalue weighted by Gasteiger charge is -2.53. The summed E-state index contributed by atoms with van der Waals surface area (Å²) in [5.41, 5.74) is 0. The molecule has 2 heteroatoms. The first-order valence-electron chi connectivity index (χ1n) is 4.20. The van der Waals surface area contributed by atoms with Crippen molar-refractivity contribution in [3.8, 4) is 0 Å². The molecule has 0 aromatic carbocycles. The van der Waals surface area contributed by atoms with E-state index >= 15 is 0 Å². The van der Waals surface area contributed by atoms with Crippen molar-refractivity contribution in [3.63, 3.8) is 0 Å². The summed E-state index contributed by atoms with van der Waals surface area (Å²) in [5.74, 6) is 0. The van der Waals surface area contributed by atoms with Crippen molar-refractivity contribution in [1.82, 2.24) is 4.90 Å². The summed E-state index contributed by atoms with van der Waals surface area (Å²) in [4.78, 5) is 2.68. The zero-order valence-corrected chi connectivity index (χ0v) is 8.54. The minimum atomic E-state index is 0.847. The van der Waals surface area contributed by atoms with Crippen molar-refractivity contribution in [2.24, 2.45) is 0 Å². The van der Waals surface area contributed by atoms with Crippen LogP contribution in [-0.2, 0) is 0 Å². The summed E-state index contributed by atoms with van der Waals surface area (Å²) in [6.07, 6.45) is 5.80. The van der Waals surface area contributed by atoms with Gasteiger partial charge in [-0.2, -0.15) is 0 Å². The minimum absolute atomic E-state index is 0.847. The van der Waals surface area contributed by atoms with Crippen molar-refractivity contribution in [2.75, 3.05) is 0 Å². The van der Waals surface area contributed by atoms with E-state index in [0.717, 1.165) is 16.1 Å². The second kappa shape index (κ2) is 2.63. The lowest BCUT2D eigenvalue weighted by Crippen LogP contribution is -2.59. The van der Waals surface area contributed by atoms with Crippen LogP contribution in [0.25, 0.3) is 0 Å². The number of fused-ring (bicyclic) bond motifs is 1. The Hall–Kier alpha value is 0.690. The molecular formula is C8H14IN. The quantitative estimate of drug-likeness (QED) is 0.363. The van der Waals surface area contributed by atoms with Crippen LogP contribution in [0.5, 0.6) is 0 Å². The molecule has 58 valence electrons. The van der Waals surface area contributed by atoms with E-state index < -0.39 is 0 Å². The second-order valence-electron chi connectivity index (χ2n) is 3.55. The fraction of sp³-hybridized carbons (Fsp3) is 1.00. The Morgan fingerprint density at radius 3 is 2.70 bits per heavy atom. The van der Waals surface area contributed by atoms with E-state index in [1.54, 1.807) is 0 Å². The van der Waals surface area contributed by atoms with Gasteiger partial charge < -0.3 is 0 Å². The van der Waals surface area contributed by atoms with E-state index in [4.69, 9.17) is 0 Å². The number of hydrogen-bond donors (Lipinski definition) is 0. The summed E-state index contributed by atoms with van der Waals surface area (Å²) < 4.78 is 0.847. The largest absolute Gasteiger partial charge is 0.286 e. The molecule has 2 fully saturated rings. The Balaban J connectivity index is 2.01. The van der Waals surface area contributed by atoms with E-state index in [0.29, 0.717) is 0 Å². The van der Waals surface area contributed by atoms with E-state index in [-0.39, 0.29) is 0 Å². The van der Waals surface area contributed by atoms with Gasteiger partial charge in [0.15, 0.2) is 0 Å². The average Bonchev–Trinajstić information content (AvgIpc) is 1.85. The fourth-order valence-corrected chi connectivity index (χ4v) is 3.75. The average molecular weight is 251 g/mol. The van der Waals surface area contributed by atoms with E-state index in [2.05, 4.69) is 34.4 Å². The first kappa shape index (κ1) is 7.35. The number of alkyl halides is 1. The molecule has 10 heavy (non-hydrogen) atoms. The standard InChI is InChI=1S/C8H14IN/c1-6-5-7-3-2-4-8(9)10(6)7/h6-8H,2-5H2,1H3. The van der Waals surface area contributed by atoms with Crippen LogP contribution in [0.3, 0.4) is 0 Å². The van der Waals surface area contributed by atoms with Crippen LogP contribution in [0.4, 0.5) is 0 Å². The highest BCUT2D eigenvalue weighted by atomic mass is 127. The van der Waals surface area contributed by atoms with Crippen LogP contribution in [-0.4, -0.2) is 21.0 Å². The number of piperidine rings is 1. The van der Waals surface area contributed by atoms with Crippen LogP contribution in [0, 0.1) is 0 Å². The fourth-order valence-electron chi connectivity index (χ4n) is 2.30. The summed E-state index contributed by atoms with van der Waals surface area (Å²) >= 11 is 2.59.